The standard InChI is InChI=1S/C17H19N5O3/c23-14-12-3-1-2-4-13(12)19-17(20-14)22-9-7-21(8-10-22)16(25)15(24)18-11-5-6-11/h1-4,11H,5-10H2,(H,18,24)(H,19,20,23). The lowest BCUT2D eigenvalue weighted by Crippen LogP contribution is -2.53. The summed E-state index contributed by atoms with van der Waals surface area (Å²) >= 11 is 0. The summed E-state index contributed by atoms with van der Waals surface area (Å²) in [5, 5.41) is 3.27. The Balaban J connectivity index is 1.44. The molecule has 2 amide bonds. The van der Waals surface area contributed by atoms with Gasteiger partial charge in [0.1, 0.15) is 0 Å². The number of piperazine rings is 1. The third-order valence-electron chi connectivity index (χ3n) is 4.57. The number of hydrogen-bond acceptors (Lipinski definition) is 5. The van der Waals surface area contributed by atoms with E-state index in [1.54, 1.807) is 23.1 Å². The smallest absolute Gasteiger partial charge is 0.312 e. The summed E-state index contributed by atoms with van der Waals surface area (Å²) in [7, 11) is 0. The lowest BCUT2D eigenvalue weighted by molar-refractivity contribution is -0.146. The second-order valence-electron chi connectivity index (χ2n) is 6.43. The Labute approximate surface area is 143 Å². The van der Waals surface area contributed by atoms with Gasteiger partial charge < -0.3 is 15.1 Å². The zero-order valence-corrected chi connectivity index (χ0v) is 13.7. The summed E-state index contributed by atoms with van der Waals surface area (Å²) in [4.78, 5) is 47.0. The molecule has 0 spiro atoms. The molecule has 8 nitrogen and oxygen atoms in total. The quantitative estimate of drug-likeness (QED) is 0.740. The van der Waals surface area contributed by atoms with E-state index in [9.17, 15) is 14.4 Å². The van der Waals surface area contributed by atoms with Gasteiger partial charge in [0.15, 0.2) is 0 Å². The van der Waals surface area contributed by atoms with Crippen molar-refractivity contribution in [1.82, 2.24) is 20.2 Å². The van der Waals surface area contributed by atoms with Crippen LogP contribution in [0.4, 0.5) is 5.95 Å². The van der Waals surface area contributed by atoms with E-state index in [1.807, 2.05) is 11.0 Å². The van der Waals surface area contributed by atoms with Crippen molar-refractivity contribution in [2.24, 2.45) is 0 Å². The lowest BCUT2D eigenvalue weighted by Gasteiger charge is -2.34. The minimum atomic E-state index is -0.520. The number of nitrogens with zero attached hydrogens (tertiary/aromatic N) is 3. The van der Waals surface area contributed by atoms with Crippen LogP contribution in [0.1, 0.15) is 12.8 Å². The highest BCUT2D eigenvalue weighted by atomic mass is 16.2. The van der Waals surface area contributed by atoms with E-state index in [4.69, 9.17) is 0 Å². The third-order valence-corrected chi connectivity index (χ3v) is 4.57. The number of anilines is 1. The van der Waals surface area contributed by atoms with E-state index in [0.717, 1.165) is 12.8 Å². The van der Waals surface area contributed by atoms with Crippen LogP contribution in [0.25, 0.3) is 10.9 Å². The van der Waals surface area contributed by atoms with Crippen LogP contribution in [0.15, 0.2) is 29.1 Å². The van der Waals surface area contributed by atoms with Crippen molar-refractivity contribution in [3.05, 3.63) is 34.6 Å². The van der Waals surface area contributed by atoms with Gasteiger partial charge in [-0.1, -0.05) is 12.1 Å². The largest absolute Gasteiger partial charge is 0.345 e. The molecule has 130 valence electrons. The van der Waals surface area contributed by atoms with Gasteiger partial charge in [0.25, 0.3) is 5.56 Å². The molecule has 1 saturated heterocycles. The average molecular weight is 341 g/mol. The summed E-state index contributed by atoms with van der Waals surface area (Å²) < 4.78 is 0. The molecular weight excluding hydrogens is 322 g/mol. The molecular formula is C17H19N5O3. The number of aromatic amines is 1. The number of aromatic nitrogens is 2. The number of hydrogen-bond donors (Lipinski definition) is 2. The van der Waals surface area contributed by atoms with Gasteiger partial charge in [-0.2, -0.15) is 0 Å². The minimum absolute atomic E-state index is 0.171. The molecule has 1 saturated carbocycles. The van der Waals surface area contributed by atoms with Gasteiger partial charge in [-0.15, -0.1) is 0 Å². The van der Waals surface area contributed by atoms with Gasteiger partial charge in [-0.25, -0.2) is 4.98 Å². The molecule has 2 N–H and O–H groups in total. The van der Waals surface area contributed by atoms with E-state index in [2.05, 4.69) is 15.3 Å². The van der Waals surface area contributed by atoms with E-state index in [1.165, 1.54) is 0 Å². The van der Waals surface area contributed by atoms with Gasteiger partial charge in [-0.3, -0.25) is 19.4 Å². The maximum Gasteiger partial charge on any atom is 0.312 e. The predicted octanol–water partition coefficient (Wildman–Crippen LogP) is -0.150. The molecule has 25 heavy (non-hydrogen) atoms. The van der Waals surface area contributed by atoms with Gasteiger partial charge in [0, 0.05) is 32.2 Å². The fourth-order valence-corrected chi connectivity index (χ4v) is 2.96. The molecule has 1 aromatic heterocycles. The Morgan fingerprint density at radius 1 is 1.12 bits per heavy atom. The number of carbonyl (C=O) groups is 2. The monoisotopic (exact) mass is 341 g/mol. The molecule has 0 atom stereocenters. The predicted molar refractivity (Wildman–Crippen MR) is 92.3 cm³/mol. The van der Waals surface area contributed by atoms with Crippen LogP contribution in [-0.4, -0.2) is 58.9 Å². The normalized spacial score (nSPS) is 17.6. The maximum absolute atomic E-state index is 12.2. The highest BCUT2D eigenvalue weighted by Gasteiger charge is 2.31. The first-order valence-corrected chi connectivity index (χ1v) is 8.45. The van der Waals surface area contributed by atoms with Crippen molar-refractivity contribution in [2.45, 2.75) is 18.9 Å². The molecule has 2 aromatic rings. The molecule has 1 aromatic carbocycles. The van der Waals surface area contributed by atoms with Gasteiger partial charge in [0.2, 0.25) is 5.95 Å². The molecule has 0 radical (unpaired) electrons. The van der Waals surface area contributed by atoms with Crippen LogP contribution in [-0.2, 0) is 9.59 Å². The third kappa shape index (κ3) is 3.19. The highest BCUT2D eigenvalue weighted by Crippen LogP contribution is 2.19. The van der Waals surface area contributed by atoms with E-state index < -0.39 is 11.8 Å². The fourth-order valence-electron chi connectivity index (χ4n) is 2.96. The second-order valence-corrected chi connectivity index (χ2v) is 6.43. The first kappa shape index (κ1) is 15.6. The van der Waals surface area contributed by atoms with E-state index in [0.29, 0.717) is 43.0 Å². The molecule has 2 aliphatic rings. The number of H-pyrrole nitrogens is 1. The summed E-state index contributed by atoms with van der Waals surface area (Å²) in [6.45, 7) is 1.88. The molecule has 1 aliphatic carbocycles. The van der Waals surface area contributed by atoms with Crippen LogP contribution in [0.2, 0.25) is 0 Å². The highest BCUT2D eigenvalue weighted by molar-refractivity contribution is 6.35. The van der Waals surface area contributed by atoms with Gasteiger partial charge in [0.05, 0.1) is 10.9 Å². The van der Waals surface area contributed by atoms with Crippen molar-refractivity contribution < 1.29 is 9.59 Å². The van der Waals surface area contributed by atoms with Crippen LogP contribution >= 0.6 is 0 Å². The van der Waals surface area contributed by atoms with Crippen molar-refractivity contribution in [3.8, 4) is 0 Å². The Kier molecular flexibility index (Phi) is 3.87. The van der Waals surface area contributed by atoms with Crippen molar-refractivity contribution in [2.75, 3.05) is 31.1 Å². The topological polar surface area (TPSA) is 98.4 Å². The number of carbonyl (C=O) groups excluding carboxylic acids is 2. The first-order chi connectivity index (χ1) is 12.1. The number of nitrogens with one attached hydrogen (secondary N) is 2. The number of amides is 2. The van der Waals surface area contributed by atoms with Crippen molar-refractivity contribution >= 4 is 28.7 Å². The average Bonchev–Trinajstić information content (AvgIpc) is 3.45. The summed E-state index contributed by atoms with van der Waals surface area (Å²) in [6.07, 6.45) is 1.90. The molecule has 2 heterocycles. The zero-order chi connectivity index (χ0) is 17.4. The van der Waals surface area contributed by atoms with Crippen LogP contribution in [0.5, 0.6) is 0 Å². The molecule has 1 aliphatic heterocycles. The molecule has 2 fully saturated rings. The number of para-hydroxylation sites is 1. The molecule has 0 unspecified atom stereocenters. The lowest BCUT2D eigenvalue weighted by atomic mass is 10.2. The SMILES string of the molecule is O=C(NC1CC1)C(=O)N1CCN(c2nc3ccccc3c(=O)[nH]2)CC1. The Morgan fingerprint density at radius 3 is 2.56 bits per heavy atom. The first-order valence-electron chi connectivity index (χ1n) is 8.45. The Bertz CT molecular complexity index is 881. The van der Waals surface area contributed by atoms with Gasteiger partial charge >= 0.3 is 11.8 Å². The van der Waals surface area contributed by atoms with Crippen LogP contribution < -0.4 is 15.8 Å². The summed E-state index contributed by atoms with van der Waals surface area (Å²) in [5.41, 5.74) is 0.464. The fraction of sp³-hybridized carbons (Fsp3) is 0.412. The van der Waals surface area contributed by atoms with E-state index in [-0.39, 0.29) is 11.6 Å². The summed E-state index contributed by atoms with van der Waals surface area (Å²) in [5.74, 6) is -0.502. The molecule has 4 rings (SSSR count). The molecule has 8 heteroatoms. The maximum atomic E-state index is 12.2. The second kappa shape index (κ2) is 6.19. The minimum Gasteiger partial charge on any atom is -0.345 e. The molecule has 0 bridgehead atoms. The van der Waals surface area contributed by atoms with Crippen molar-refractivity contribution in [1.29, 1.82) is 0 Å². The Hall–Kier alpha value is -2.90. The van der Waals surface area contributed by atoms with Crippen LogP contribution in [0, 0.1) is 0 Å². The van der Waals surface area contributed by atoms with Gasteiger partial charge in [-0.05, 0) is 25.0 Å². The Morgan fingerprint density at radius 2 is 1.84 bits per heavy atom. The van der Waals surface area contributed by atoms with Crippen LogP contribution in [0.3, 0.4) is 0 Å². The number of benzene rings is 1. The van der Waals surface area contributed by atoms with E-state index >= 15 is 0 Å². The van der Waals surface area contributed by atoms with Crippen molar-refractivity contribution in [3.63, 3.8) is 0 Å². The number of fused-ring (bicyclic) bond motifs is 1. The zero-order valence-electron chi connectivity index (χ0n) is 13.7. The summed E-state index contributed by atoms with van der Waals surface area (Å²) in [6, 6.07) is 7.35. The number of rotatable bonds is 2.